The highest BCUT2D eigenvalue weighted by Crippen LogP contribution is 2.39. The number of nitrogens with zero attached hydrogens (tertiary/aromatic N) is 5. The smallest absolute Gasteiger partial charge is 0.407 e. The summed E-state index contributed by atoms with van der Waals surface area (Å²) in [7, 11) is 1.62. The number of ether oxygens (including phenoxy) is 6. The molecule has 0 radical (unpaired) electrons. The molecular weight excluding hydrogens is 1220 g/mol. The zero-order valence-electron chi connectivity index (χ0n) is 51.0. The van der Waals surface area contributed by atoms with Crippen LogP contribution in [0.1, 0.15) is 94.3 Å². The number of anilines is 1. The molecule has 0 saturated carbocycles. The molecule has 6 aliphatic rings. The maximum atomic E-state index is 13.9. The Morgan fingerprint density at radius 1 is 0.628 bits per heavy atom. The van der Waals surface area contributed by atoms with E-state index in [-0.39, 0.29) is 92.1 Å². The Kier molecular flexibility index (Phi) is 20.3. The summed E-state index contributed by atoms with van der Waals surface area (Å²) in [6.45, 7) is 0.629. The Labute approximate surface area is 538 Å². The molecule has 6 heterocycles. The highest BCUT2D eigenvalue weighted by molar-refractivity contribution is 6.13. The zero-order chi connectivity index (χ0) is 66.0. The van der Waals surface area contributed by atoms with Crippen molar-refractivity contribution in [1.29, 1.82) is 0 Å². The molecule has 7 atom stereocenters. The van der Waals surface area contributed by atoms with Gasteiger partial charge in [-0.1, -0.05) is 48.9 Å². The Bertz CT molecular complexity index is 3890. The number of imide groups is 1. The number of carboxylic acid groups (broad SMARTS) is 1. The van der Waals surface area contributed by atoms with Crippen LogP contribution in [0.3, 0.4) is 0 Å². The average molecular weight is 1290 g/mol. The molecule has 94 heavy (non-hydrogen) atoms. The molecule has 3 unspecified atom stereocenters. The van der Waals surface area contributed by atoms with Crippen LogP contribution in [0.2, 0.25) is 0 Å². The van der Waals surface area contributed by atoms with Crippen LogP contribution in [0, 0.1) is 0 Å². The van der Waals surface area contributed by atoms with Crippen LogP contribution in [0.25, 0.3) is 11.1 Å². The van der Waals surface area contributed by atoms with Crippen LogP contribution in [0.15, 0.2) is 138 Å². The molecule has 0 aliphatic carbocycles. The number of carbonyl (C=O) groups excluding carboxylic acids is 7. The Morgan fingerprint density at radius 3 is 1.81 bits per heavy atom. The molecule has 6 aliphatic heterocycles. The monoisotopic (exact) mass is 1280 g/mol. The van der Waals surface area contributed by atoms with E-state index in [0.29, 0.717) is 91.3 Å². The fourth-order valence-electron chi connectivity index (χ4n) is 11.3. The first-order valence-electron chi connectivity index (χ1n) is 30.6. The lowest BCUT2D eigenvalue weighted by atomic mass is 9.99. The van der Waals surface area contributed by atoms with Crippen molar-refractivity contribution in [3.63, 3.8) is 0 Å². The minimum Gasteiger partial charge on any atom is -0.497 e. The second-order valence-electron chi connectivity index (χ2n) is 22.9. The van der Waals surface area contributed by atoms with Gasteiger partial charge in [0.25, 0.3) is 23.6 Å². The normalized spacial score (nSPS) is 20.9. The number of amides is 7. The van der Waals surface area contributed by atoms with Gasteiger partial charge in [0.2, 0.25) is 18.1 Å². The fourth-order valence-corrected chi connectivity index (χ4v) is 11.3. The molecule has 488 valence electrons. The predicted octanol–water partition coefficient (Wildman–Crippen LogP) is 6.11. The standard InChI is InChI=1S/C68H68N8O18/c1-89-47-14-12-42(13-15-47)44-30-46-35-71-53-32-49(17-19-51(53)65(85)76(46)37-44)91-27-5-26-90-48-16-18-50-52(31-48)70-34-45-29-43(36-75(45)64(50)84)41-10-7-39(8-11-41)33-72-68(88)92-38-40-9-20-55(93-67-62(83)60(81)61(82)63(94-67)66(86)87)54(28-40)73-57(78)23-24-69-56(77)6-3-2-4-25-74-58(79)21-22-59(74)80/h7-22,28,31-32,34-37,45-46,60-63,67,81-83H,2-6,23-27,29-30,33,38H2,1H3,(H,69,77)(H,72,88)(H,73,78)(H,86,87)/t45-,46-,60?,61-,62?,63?,67+/m0/s1. The second kappa shape index (κ2) is 29.4. The summed E-state index contributed by atoms with van der Waals surface area (Å²) < 4.78 is 33.9. The lowest BCUT2D eigenvalue weighted by Crippen LogP contribution is -2.61. The fraction of sp³-hybridized carbons (Fsp3) is 0.324. The lowest BCUT2D eigenvalue weighted by Gasteiger charge is -2.38. The summed E-state index contributed by atoms with van der Waals surface area (Å²) in [5, 5.41) is 48.8. The van der Waals surface area contributed by atoms with Crippen molar-refractivity contribution >= 4 is 88.1 Å². The van der Waals surface area contributed by atoms with Gasteiger partial charge in [-0.05, 0) is 94.8 Å². The third kappa shape index (κ3) is 15.3. The maximum Gasteiger partial charge on any atom is 0.407 e. The average Bonchev–Trinajstić information content (AvgIpc) is 1.83. The van der Waals surface area contributed by atoms with Gasteiger partial charge in [-0.3, -0.25) is 43.7 Å². The van der Waals surface area contributed by atoms with Gasteiger partial charge >= 0.3 is 12.1 Å². The van der Waals surface area contributed by atoms with Gasteiger partial charge in [0.1, 0.15) is 47.9 Å². The number of aliphatic imine (C=N–C) groups is 2. The number of aliphatic carboxylic acids is 1. The molecule has 26 nitrogen and oxygen atoms in total. The summed E-state index contributed by atoms with van der Waals surface area (Å²) in [4.78, 5) is 116. The van der Waals surface area contributed by atoms with Crippen LogP contribution in [0.5, 0.6) is 23.0 Å². The zero-order valence-corrected chi connectivity index (χ0v) is 51.0. The first-order valence-corrected chi connectivity index (χ1v) is 30.6. The van der Waals surface area contributed by atoms with Crippen molar-refractivity contribution in [2.45, 2.75) is 107 Å². The van der Waals surface area contributed by atoms with Gasteiger partial charge in [-0.15, -0.1) is 0 Å². The van der Waals surface area contributed by atoms with Crippen LogP contribution < -0.4 is 34.9 Å². The second-order valence-corrected chi connectivity index (χ2v) is 22.9. The number of hydrogen-bond acceptors (Lipinski definition) is 19. The minimum absolute atomic E-state index is 0.0383. The van der Waals surface area contributed by atoms with Gasteiger partial charge in [-0.2, -0.15) is 0 Å². The molecule has 1 fully saturated rings. The van der Waals surface area contributed by atoms with Gasteiger partial charge in [-0.25, -0.2) is 9.59 Å². The molecule has 5 aromatic carbocycles. The van der Waals surface area contributed by atoms with E-state index in [4.69, 9.17) is 33.4 Å². The largest absolute Gasteiger partial charge is 0.497 e. The molecule has 0 aromatic heterocycles. The number of fused-ring (bicyclic) bond motifs is 4. The van der Waals surface area contributed by atoms with Gasteiger partial charge in [0.15, 0.2) is 6.10 Å². The number of aliphatic hydroxyl groups excluding tert-OH is 3. The molecule has 1 saturated heterocycles. The van der Waals surface area contributed by atoms with Crippen molar-refractivity contribution in [2.75, 3.05) is 38.7 Å². The number of nitrogens with one attached hydrogen (secondary N) is 3. The van der Waals surface area contributed by atoms with Crippen LogP contribution >= 0.6 is 0 Å². The number of alkyl carbamates (subject to hydrolysis) is 1. The number of carbonyl (C=O) groups is 8. The third-order valence-corrected chi connectivity index (χ3v) is 16.5. The summed E-state index contributed by atoms with van der Waals surface area (Å²) in [5.74, 6) is -1.92. The van der Waals surface area contributed by atoms with Crippen molar-refractivity contribution in [3.05, 3.63) is 161 Å². The third-order valence-electron chi connectivity index (χ3n) is 16.5. The SMILES string of the molecule is COc1ccc(C2=CN3C(=O)c4ccc(OCCCOc5ccc6c(c5)N=C[C@@H]5CC(c7ccc(CNC(=O)OCc8ccc(O[C@@H]9OC(C(=O)O)[C@@H](O)C(O)C9O)c(NC(=O)CCNC(=O)CCCCCN9C(=O)C=CC9=O)c8)cc7)=CN5C6=O)cc4N=C[C@@H]3C2)cc1. The first kappa shape index (κ1) is 65.0. The molecule has 7 amide bonds. The van der Waals surface area contributed by atoms with Crippen molar-refractivity contribution < 1.29 is 87.2 Å². The topological polar surface area (TPSA) is 343 Å². The predicted molar refractivity (Wildman–Crippen MR) is 338 cm³/mol. The minimum atomic E-state index is -1.99. The van der Waals surface area contributed by atoms with E-state index >= 15 is 0 Å². The van der Waals surface area contributed by atoms with Crippen LogP contribution in [-0.4, -0.2) is 171 Å². The number of benzene rings is 5. The summed E-state index contributed by atoms with van der Waals surface area (Å²) in [6, 6.07) is 29.3. The number of aliphatic hydroxyl groups is 3. The first-order chi connectivity index (χ1) is 45.5. The highest BCUT2D eigenvalue weighted by atomic mass is 16.7. The number of hydrogen-bond donors (Lipinski definition) is 7. The van der Waals surface area contributed by atoms with E-state index < -0.39 is 48.7 Å². The summed E-state index contributed by atoms with van der Waals surface area (Å²) in [6.07, 6.45) is 2.43. The molecule has 5 aromatic rings. The summed E-state index contributed by atoms with van der Waals surface area (Å²) in [5.41, 5.74) is 6.84. The molecule has 11 rings (SSSR count). The van der Waals surface area contributed by atoms with Gasteiger partial charge < -0.3 is 74.6 Å². The van der Waals surface area contributed by atoms with E-state index in [9.17, 15) is 58.8 Å². The van der Waals surface area contributed by atoms with E-state index in [2.05, 4.69) is 20.9 Å². The van der Waals surface area contributed by atoms with Gasteiger partial charge in [0, 0.05) is 101 Å². The van der Waals surface area contributed by atoms with Gasteiger partial charge in [0.05, 0.1) is 60.6 Å². The molecular formula is C68H68N8O18. The summed E-state index contributed by atoms with van der Waals surface area (Å²) >= 11 is 0. The Hall–Kier alpha value is -10.5. The Balaban J connectivity index is 0.623. The van der Waals surface area contributed by atoms with Crippen LogP contribution in [-0.2, 0) is 46.6 Å². The van der Waals surface area contributed by atoms with Crippen LogP contribution in [0.4, 0.5) is 21.9 Å². The number of carboxylic acids is 1. The van der Waals surface area contributed by atoms with E-state index in [1.54, 1.807) is 59.5 Å². The maximum absolute atomic E-state index is 13.9. The molecule has 0 bridgehead atoms. The van der Waals surface area contributed by atoms with Crippen molar-refractivity contribution in [1.82, 2.24) is 25.3 Å². The quantitative estimate of drug-likeness (QED) is 0.0242. The van der Waals surface area contributed by atoms with E-state index in [1.165, 1.54) is 30.4 Å². The number of unbranched alkanes of at least 4 members (excludes halogenated alkanes) is 2. The van der Waals surface area contributed by atoms with Crippen molar-refractivity contribution in [2.24, 2.45) is 9.98 Å². The molecule has 26 heteroatoms. The van der Waals surface area contributed by atoms with E-state index in [0.717, 1.165) is 38.5 Å². The number of methoxy groups -OCH3 is 1. The highest BCUT2D eigenvalue weighted by Gasteiger charge is 2.48. The Morgan fingerprint density at radius 2 is 1.21 bits per heavy atom. The lowest BCUT2D eigenvalue weighted by molar-refractivity contribution is -0.271. The number of rotatable bonds is 26. The molecule has 7 N–H and O–H groups in total. The molecule has 0 spiro atoms. The van der Waals surface area contributed by atoms with Crippen molar-refractivity contribution in [3.8, 4) is 23.0 Å². The van der Waals surface area contributed by atoms with E-state index in [1.807, 2.05) is 67.1 Å².